The molecule has 0 radical (unpaired) electrons. The van der Waals surface area contributed by atoms with E-state index in [0.717, 1.165) is 31.0 Å². The normalized spacial score (nSPS) is 20.2. The van der Waals surface area contributed by atoms with Crippen LogP contribution in [-0.4, -0.2) is 30.7 Å². The van der Waals surface area contributed by atoms with Crippen LogP contribution in [0.3, 0.4) is 0 Å². The molecular weight excluding hydrogens is 222 g/mol. The second-order valence-corrected chi connectivity index (χ2v) is 5.30. The van der Waals surface area contributed by atoms with Gasteiger partial charge in [-0.25, -0.2) is 0 Å². The largest absolute Gasteiger partial charge is 0.369 e. The number of aryl methyl sites for hydroxylation is 2. The maximum atomic E-state index is 4.57. The number of nitrogens with zero attached hydrogens (tertiary/aromatic N) is 2. The van der Waals surface area contributed by atoms with E-state index in [1.165, 1.54) is 24.9 Å². The van der Waals surface area contributed by atoms with Crippen molar-refractivity contribution < 1.29 is 0 Å². The van der Waals surface area contributed by atoms with Gasteiger partial charge in [-0.15, -0.1) is 0 Å². The molecule has 0 bridgehead atoms. The first kappa shape index (κ1) is 13.3. The Morgan fingerprint density at radius 2 is 2.22 bits per heavy atom. The fraction of sp³-hybridized carbons (Fsp3) is 0.667. The lowest BCUT2D eigenvalue weighted by atomic mass is 10.0. The fourth-order valence-electron chi connectivity index (χ4n) is 2.72. The monoisotopic (exact) mass is 247 g/mol. The number of hydrogen-bond acceptors (Lipinski definition) is 3. The standard InChI is InChI=1S/C15H25N3/c1-4-9-16-14-6-5-10-18(11-14)15-8-7-12(2)17-13(15)3/h7-8,14,16H,4-6,9-11H2,1-3H3. The van der Waals surface area contributed by atoms with Crippen molar-refractivity contribution in [3.05, 3.63) is 23.5 Å². The van der Waals surface area contributed by atoms with Crippen LogP contribution in [0, 0.1) is 13.8 Å². The predicted octanol–water partition coefficient (Wildman–Crippen LogP) is 2.67. The predicted molar refractivity (Wildman–Crippen MR) is 77.2 cm³/mol. The minimum atomic E-state index is 0.638. The molecule has 1 saturated heterocycles. The minimum absolute atomic E-state index is 0.638. The average Bonchev–Trinajstić information content (AvgIpc) is 2.36. The van der Waals surface area contributed by atoms with Gasteiger partial charge in [-0.3, -0.25) is 4.98 Å². The summed E-state index contributed by atoms with van der Waals surface area (Å²) in [4.78, 5) is 7.06. The van der Waals surface area contributed by atoms with Gasteiger partial charge < -0.3 is 10.2 Å². The molecule has 1 atom stereocenters. The van der Waals surface area contributed by atoms with Gasteiger partial charge in [-0.1, -0.05) is 6.92 Å². The number of hydrogen-bond donors (Lipinski definition) is 1. The quantitative estimate of drug-likeness (QED) is 0.886. The molecule has 1 fully saturated rings. The Labute approximate surface area is 111 Å². The van der Waals surface area contributed by atoms with E-state index in [-0.39, 0.29) is 0 Å². The Balaban J connectivity index is 2.03. The number of nitrogens with one attached hydrogen (secondary N) is 1. The van der Waals surface area contributed by atoms with E-state index in [1.54, 1.807) is 0 Å². The zero-order valence-electron chi connectivity index (χ0n) is 11.9. The molecule has 0 aliphatic carbocycles. The van der Waals surface area contributed by atoms with E-state index < -0.39 is 0 Å². The van der Waals surface area contributed by atoms with Gasteiger partial charge in [0.15, 0.2) is 0 Å². The third-order valence-electron chi connectivity index (χ3n) is 3.64. The van der Waals surface area contributed by atoms with E-state index in [9.17, 15) is 0 Å². The highest BCUT2D eigenvalue weighted by Crippen LogP contribution is 2.22. The maximum Gasteiger partial charge on any atom is 0.0608 e. The number of rotatable bonds is 4. The number of piperidine rings is 1. The van der Waals surface area contributed by atoms with Crippen molar-refractivity contribution in [1.29, 1.82) is 0 Å². The van der Waals surface area contributed by atoms with Crippen LogP contribution < -0.4 is 10.2 Å². The molecule has 0 saturated carbocycles. The minimum Gasteiger partial charge on any atom is -0.369 e. The number of pyridine rings is 1. The average molecular weight is 247 g/mol. The lowest BCUT2D eigenvalue weighted by Gasteiger charge is -2.35. The molecule has 3 heteroatoms. The topological polar surface area (TPSA) is 28.2 Å². The molecule has 2 heterocycles. The van der Waals surface area contributed by atoms with Crippen LogP contribution >= 0.6 is 0 Å². The first-order valence-electron chi connectivity index (χ1n) is 7.13. The van der Waals surface area contributed by atoms with E-state index in [0.29, 0.717) is 6.04 Å². The van der Waals surface area contributed by atoms with Crippen molar-refractivity contribution >= 4 is 5.69 Å². The van der Waals surface area contributed by atoms with Gasteiger partial charge in [0, 0.05) is 24.8 Å². The molecule has 1 N–H and O–H groups in total. The molecule has 1 aromatic heterocycles. The molecule has 0 spiro atoms. The zero-order valence-corrected chi connectivity index (χ0v) is 11.9. The summed E-state index contributed by atoms with van der Waals surface area (Å²) in [5.74, 6) is 0. The lowest BCUT2D eigenvalue weighted by molar-refractivity contribution is 0.423. The van der Waals surface area contributed by atoms with Crippen LogP contribution in [0.25, 0.3) is 0 Å². The van der Waals surface area contributed by atoms with Gasteiger partial charge in [0.1, 0.15) is 0 Å². The first-order valence-corrected chi connectivity index (χ1v) is 7.13. The smallest absolute Gasteiger partial charge is 0.0608 e. The van der Waals surface area contributed by atoms with Gasteiger partial charge in [0.2, 0.25) is 0 Å². The number of anilines is 1. The Morgan fingerprint density at radius 3 is 2.94 bits per heavy atom. The maximum absolute atomic E-state index is 4.57. The Hall–Kier alpha value is -1.09. The molecular formula is C15H25N3. The fourth-order valence-corrected chi connectivity index (χ4v) is 2.72. The third kappa shape index (κ3) is 3.22. The molecule has 1 aliphatic heterocycles. The molecule has 100 valence electrons. The molecule has 0 aromatic carbocycles. The summed E-state index contributed by atoms with van der Waals surface area (Å²) in [7, 11) is 0. The summed E-state index contributed by atoms with van der Waals surface area (Å²) in [5.41, 5.74) is 3.57. The van der Waals surface area contributed by atoms with E-state index >= 15 is 0 Å². The Bertz CT molecular complexity index is 389. The lowest BCUT2D eigenvalue weighted by Crippen LogP contribution is -2.46. The molecule has 1 aromatic rings. The highest BCUT2D eigenvalue weighted by atomic mass is 15.2. The van der Waals surface area contributed by atoms with Gasteiger partial charge in [0.25, 0.3) is 0 Å². The Morgan fingerprint density at radius 1 is 1.39 bits per heavy atom. The summed E-state index contributed by atoms with van der Waals surface area (Å²) >= 11 is 0. The molecule has 18 heavy (non-hydrogen) atoms. The van der Waals surface area contributed by atoms with Crippen LogP contribution in [0.4, 0.5) is 5.69 Å². The first-order chi connectivity index (χ1) is 8.70. The van der Waals surface area contributed by atoms with Crippen LogP contribution in [0.1, 0.15) is 37.6 Å². The molecule has 1 unspecified atom stereocenters. The van der Waals surface area contributed by atoms with Gasteiger partial charge in [0.05, 0.1) is 11.4 Å². The van der Waals surface area contributed by atoms with E-state index in [2.05, 4.69) is 48.1 Å². The van der Waals surface area contributed by atoms with Crippen LogP contribution in [-0.2, 0) is 0 Å². The molecule has 2 rings (SSSR count). The van der Waals surface area contributed by atoms with Gasteiger partial charge >= 0.3 is 0 Å². The van der Waals surface area contributed by atoms with Crippen molar-refractivity contribution in [1.82, 2.24) is 10.3 Å². The molecule has 3 nitrogen and oxygen atoms in total. The van der Waals surface area contributed by atoms with Crippen molar-refractivity contribution in [3.63, 3.8) is 0 Å². The van der Waals surface area contributed by atoms with Crippen molar-refractivity contribution in [3.8, 4) is 0 Å². The van der Waals surface area contributed by atoms with Gasteiger partial charge in [-0.2, -0.15) is 0 Å². The molecule has 1 aliphatic rings. The highest BCUT2D eigenvalue weighted by molar-refractivity contribution is 5.51. The second kappa shape index (κ2) is 6.19. The summed E-state index contributed by atoms with van der Waals surface area (Å²) in [5, 5.41) is 3.64. The van der Waals surface area contributed by atoms with Crippen molar-refractivity contribution in [2.75, 3.05) is 24.5 Å². The van der Waals surface area contributed by atoms with Crippen molar-refractivity contribution in [2.24, 2.45) is 0 Å². The third-order valence-corrected chi connectivity index (χ3v) is 3.64. The van der Waals surface area contributed by atoms with Crippen LogP contribution in [0.5, 0.6) is 0 Å². The van der Waals surface area contributed by atoms with Crippen LogP contribution in [0.15, 0.2) is 12.1 Å². The summed E-state index contributed by atoms with van der Waals surface area (Å²) in [6.07, 6.45) is 3.78. The van der Waals surface area contributed by atoms with Gasteiger partial charge in [-0.05, 0) is 51.8 Å². The Kier molecular flexibility index (Phi) is 4.59. The zero-order chi connectivity index (χ0) is 13.0. The van der Waals surface area contributed by atoms with E-state index in [4.69, 9.17) is 0 Å². The SMILES string of the molecule is CCCNC1CCCN(c2ccc(C)nc2C)C1. The second-order valence-electron chi connectivity index (χ2n) is 5.30. The summed E-state index contributed by atoms with van der Waals surface area (Å²) in [6.45, 7) is 9.80. The van der Waals surface area contributed by atoms with Crippen molar-refractivity contribution in [2.45, 2.75) is 46.1 Å². The number of aromatic nitrogens is 1. The van der Waals surface area contributed by atoms with E-state index in [1.807, 2.05) is 0 Å². The van der Waals surface area contributed by atoms with Crippen LogP contribution in [0.2, 0.25) is 0 Å². The summed E-state index contributed by atoms with van der Waals surface area (Å²) < 4.78 is 0. The molecule has 0 amide bonds. The summed E-state index contributed by atoms with van der Waals surface area (Å²) in [6, 6.07) is 4.98. The highest BCUT2D eigenvalue weighted by Gasteiger charge is 2.20.